The Morgan fingerprint density at radius 3 is 2.53 bits per heavy atom. The fraction of sp³-hybridized carbons (Fsp3) is 0.400. The maximum absolute atomic E-state index is 12.3. The van der Waals surface area contributed by atoms with E-state index in [1.807, 2.05) is 0 Å². The van der Waals surface area contributed by atoms with Crippen molar-refractivity contribution in [2.24, 2.45) is 0 Å². The van der Waals surface area contributed by atoms with Gasteiger partial charge in [0.25, 0.3) is 0 Å². The number of anilines is 1. The molecule has 1 amide bonds. The van der Waals surface area contributed by atoms with Gasteiger partial charge in [-0.25, -0.2) is 4.98 Å². The molecule has 0 aliphatic carbocycles. The molecule has 1 aromatic rings. The average Bonchev–Trinajstić information content (AvgIpc) is 2.57. The lowest BCUT2D eigenvalue weighted by atomic mass is 10.3. The number of pyridine rings is 1. The van der Waals surface area contributed by atoms with Gasteiger partial charge in [-0.1, -0.05) is 15.9 Å². The van der Waals surface area contributed by atoms with Crippen LogP contribution in [0.4, 0.5) is 19.0 Å². The highest BCUT2D eigenvalue weighted by Crippen LogP contribution is 2.30. The largest absolute Gasteiger partial charge is 0.417 e. The summed E-state index contributed by atoms with van der Waals surface area (Å²) in [5.41, 5.74) is -0.816. The third kappa shape index (κ3) is 2.59. The van der Waals surface area contributed by atoms with Crippen molar-refractivity contribution >= 4 is 27.7 Å². The Labute approximate surface area is 104 Å². The normalized spacial score (nSPS) is 21.1. The smallest absolute Gasteiger partial charge is 0.296 e. The van der Waals surface area contributed by atoms with Crippen LogP contribution >= 0.6 is 15.9 Å². The lowest BCUT2D eigenvalue weighted by Gasteiger charge is -2.15. The quantitative estimate of drug-likeness (QED) is 0.747. The van der Waals surface area contributed by atoms with E-state index in [2.05, 4.69) is 20.9 Å². The van der Waals surface area contributed by atoms with Gasteiger partial charge < -0.3 is 0 Å². The van der Waals surface area contributed by atoms with Crippen molar-refractivity contribution in [3.05, 3.63) is 23.9 Å². The summed E-state index contributed by atoms with van der Waals surface area (Å²) in [4.78, 5) is 16.6. The minimum atomic E-state index is -4.40. The van der Waals surface area contributed by atoms with Gasteiger partial charge in [-0.2, -0.15) is 13.2 Å². The fourth-order valence-corrected chi connectivity index (χ4v) is 2.17. The first-order chi connectivity index (χ1) is 7.88. The van der Waals surface area contributed by atoms with Crippen LogP contribution in [0.15, 0.2) is 18.3 Å². The van der Waals surface area contributed by atoms with Crippen LogP contribution in [-0.2, 0) is 11.0 Å². The summed E-state index contributed by atoms with van der Waals surface area (Å²) in [6.07, 6.45) is -3.33. The Morgan fingerprint density at radius 1 is 1.41 bits per heavy atom. The van der Waals surface area contributed by atoms with Crippen molar-refractivity contribution in [1.29, 1.82) is 0 Å². The molecule has 17 heavy (non-hydrogen) atoms. The van der Waals surface area contributed by atoms with Crippen LogP contribution < -0.4 is 4.90 Å². The van der Waals surface area contributed by atoms with E-state index in [9.17, 15) is 18.0 Å². The van der Waals surface area contributed by atoms with Crippen LogP contribution in [0.5, 0.6) is 0 Å². The zero-order chi connectivity index (χ0) is 12.6. The molecule has 1 fully saturated rings. The van der Waals surface area contributed by atoms with E-state index in [1.165, 1.54) is 11.0 Å². The number of halogens is 4. The minimum absolute atomic E-state index is 0.0269. The van der Waals surface area contributed by atoms with Crippen LogP contribution in [0.3, 0.4) is 0 Å². The second-order valence-electron chi connectivity index (χ2n) is 3.71. The molecular weight excluding hydrogens is 301 g/mol. The van der Waals surface area contributed by atoms with E-state index >= 15 is 0 Å². The Bertz CT molecular complexity index is 432. The first-order valence-electron chi connectivity index (χ1n) is 4.85. The first kappa shape index (κ1) is 12.3. The fourth-order valence-electron chi connectivity index (χ4n) is 1.60. The van der Waals surface area contributed by atoms with Crippen molar-refractivity contribution < 1.29 is 18.0 Å². The maximum atomic E-state index is 12.3. The number of carbonyl (C=O) groups excluding carboxylic acids is 1. The lowest BCUT2D eigenvalue weighted by molar-refractivity contribution is -0.137. The average molecular weight is 309 g/mol. The van der Waals surface area contributed by atoms with Gasteiger partial charge in [0.15, 0.2) is 0 Å². The lowest BCUT2D eigenvalue weighted by Crippen LogP contribution is -2.25. The Kier molecular flexibility index (Phi) is 3.11. The van der Waals surface area contributed by atoms with Crippen molar-refractivity contribution in [2.45, 2.75) is 17.4 Å². The van der Waals surface area contributed by atoms with Gasteiger partial charge >= 0.3 is 6.18 Å². The molecule has 7 heteroatoms. The third-order valence-corrected chi connectivity index (χ3v) is 3.04. The summed E-state index contributed by atoms with van der Waals surface area (Å²) >= 11 is 3.29. The highest BCUT2D eigenvalue weighted by atomic mass is 79.9. The number of rotatable bonds is 1. The van der Waals surface area contributed by atoms with Crippen molar-refractivity contribution in [2.75, 3.05) is 11.4 Å². The molecule has 0 N–H and O–H groups in total. The maximum Gasteiger partial charge on any atom is 0.417 e. The molecule has 1 aromatic heterocycles. The number of nitrogens with zero attached hydrogens (tertiary/aromatic N) is 2. The van der Waals surface area contributed by atoms with Gasteiger partial charge in [0.2, 0.25) is 5.91 Å². The minimum Gasteiger partial charge on any atom is -0.296 e. The van der Waals surface area contributed by atoms with Crippen LogP contribution in [0.1, 0.15) is 12.0 Å². The molecule has 0 spiro atoms. The molecule has 1 unspecified atom stereocenters. The number of aromatic nitrogens is 1. The molecule has 1 saturated heterocycles. The second-order valence-corrected chi connectivity index (χ2v) is 5.00. The van der Waals surface area contributed by atoms with E-state index in [0.717, 1.165) is 12.3 Å². The molecule has 1 atom stereocenters. The van der Waals surface area contributed by atoms with E-state index in [0.29, 0.717) is 13.0 Å². The molecule has 92 valence electrons. The van der Waals surface area contributed by atoms with Gasteiger partial charge in [-0.3, -0.25) is 9.69 Å². The summed E-state index contributed by atoms with van der Waals surface area (Å²) in [6, 6.07) is 2.14. The molecular formula is C10H8BrF3N2O. The van der Waals surface area contributed by atoms with Gasteiger partial charge in [0, 0.05) is 24.0 Å². The molecule has 1 aliphatic rings. The molecule has 2 rings (SSSR count). The van der Waals surface area contributed by atoms with Crippen molar-refractivity contribution in [3.63, 3.8) is 0 Å². The molecule has 0 aromatic carbocycles. The molecule has 0 radical (unpaired) electrons. The molecule has 0 saturated carbocycles. The van der Waals surface area contributed by atoms with E-state index in [-0.39, 0.29) is 16.6 Å². The van der Waals surface area contributed by atoms with Gasteiger partial charge in [0.05, 0.1) is 5.56 Å². The van der Waals surface area contributed by atoms with Gasteiger partial charge in [0.1, 0.15) is 5.82 Å². The number of alkyl halides is 4. The van der Waals surface area contributed by atoms with Crippen molar-refractivity contribution in [1.82, 2.24) is 4.98 Å². The second kappa shape index (κ2) is 4.29. The van der Waals surface area contributed by atoms with E-state index in [4.69, 9.17) is 0 Å². The third-order valence-electron chi connectivity index (χ3n) is 2.43. The van der Waals surface area contributed by atoms with Crippen molar-refractivity contribution in [3.8, 4) is 0 Å². The summed E-state index contributed by atoms with van der Waals surface area (Å²) in [5, 5.41) is 0. The number of amides is 1. The topological polar surface area (TPSA) is 33.2 Å². The molecule has 2 heterocycles. The zero-order valence-electron chi connectivity index (χ0n) is 8.54. The Hall–Kier alpha value is -1.11. The Balaban J connectivity index is 2.22. The summed E-state index contributed by atoms with van der Waals surface area (Å²) in [6.45, 7) is 0.428. The first-order valence-corrected chi connectivity index (χ1v) is 5.77. The summed E-state index contributed by atoms with van der Waals surface area (Å²) in [5.74, 6) is 0.115. The van der Waals surface area contributed by atoms with Gasteiger partial charge in [-0.05, 0) is 12.1 Å². The van der Waals surface area contributed by atoms with E-state index in [1.54, 1.807) is 0 Å². The predicted molar refractivity (Wildman–Crippen MR) is 58.9 cm³/mol. The highest BCUT2D eigenvalue weighted by Gasteiger charge is 2.33. The zero-order valence-corrected chi connectivity index (χ0v) is 10.1. The van der Waals surface area contributed by atoms with Crippen LogP contribution in [0.2, 0.25) is 0 Å². The molecule has 3 nitrogen and oxygen atoms in total. The van der Waals surface area contributed by atoms with E-state index < -0.39 is 11.7 Å². The highest BCUT2D eigenvalue weighted by molar-refractivity contribution is 9.09. The monoisotopic (exact) mass is 308 g/mol. The number of hydrogen-bond acceptors (Lipinski definition) is 2. The van der Waals surface area contributed by atoms with Gasteiger partial charge in [-0.15, -0.1) is 0 Å². The van der Waals surface area contributed by atoms with Crippen LogP contribution in [0, 0.1) is 0 Å². The Morgan fingerprint density at radius 2 is 2.12 bits per heavy atom. The number of hydrogen-bond donors (Lipinski definition) is 0. The molecule has 1 aliphatic heterocycles. The van der Waals surface area contributed by atoms with Crippen LogP contribution in [0.25, 0.3) is 0 Å². The summed E-state index contributed by atoms with van der Waals surface area (Å²) in [7, 11) is 0. The molecule has 0 bridgehead atoms. The SMILES string of the molecule is O=C1CC(Br)CN1c1ccc(C(F)(F)F)cn1. The predicted octanol–water partition coefficient (Wildman–Crippen LogP) is 2.60. The standard InChI is InChI=1S/C10H8BrF3N2O/c11-7-3-9(17)16(5-7)8-2-1-6(4-15-8)10(12,13)14/h1-2,4,7H,3,5H2. The van der Waals surface area contributed by atoms with Crippen LogP contribution in [-0.4, -0.2) is 22.3 Å². The number of carbonyl (C=O) groups is 1. The summed E-state index contributed by atoms with van der Waals surface area (Å²) < 4.78 is 36.9.